The average Bonchev–Trinajstić information content (AvgIpc) is 2.81. The summed E-state index contributed by atoms with van der Waals surface area (Å²) < 4.78 is 0. The molecule has 0 aliphatic heterocycles. The molecule has 3 aromatic rings. The molecule has 0 bridgehead atoms. The fraction of sp³-hybridized carbons (Fsp3) is 0.321. The molecule has 0 saturated carbocycles. The van der Waals surface area contributed by atoms with Crippen molar-refractivity contribution in [2.75, 3.05) is 12.1 Å². The summed E-state index contributed by atoms with van der Waals surface area (Å²) in [4.78, 5) is 2.43. The summed E-state index contributed by atoms with van der Waals surface area (Å²) in [7, 11) is 2.02. The molecule has 2 nitrogen and oxygen atoms in total. The van der Waals surface area contributed by atoms with Gasteiger partial charge in [0.05, 0.1) is 5.69 Å². The van der Waals surface area contributed by atoms with Gasteiger partial charge < -0.3 is 0 Å². The molecular formula is C28H36N2S. The number of hydrazone groups is 1. The van der Waals surface area contributed by atoms with Gasteiger partial charge in [0.1, 0.15) is 0 Å². The molecule has 0 spiro atoms. The largest absolute Gasteiger partial charge is 0.268 e. The first kappa shape index (κ1) is 24.7. The summed E-state index contributed by atoms with van der Waals surface area (Å²) in [6.07, 6.45) is 4.00. The van der Waals surface area contributed by atoms with Crippen molar-refractivity contribution in [2.45, 2.75) is 62.7 Å². The maximum atomic E-state index is 4.76. The van der Waals surface area contributed by atoms with Crippen molar-refractivity contribution >= 4 is 23.7 Å². The fourth-order valence-electron chi connectivity index (χ4n) is 3.48. The standard InChI is InChI=1S/C26H30N2S.C2H6/c1-5-21-13-9-10-16-23(21)26(2,3)19-20-27-28(4)24-17-11-12-18-25(24)29-22-14-7-6-8-15-22;1-2/h6-18,20H,5,19H2,1-4H3;1-2H3/b27-20+;. The Labute approximate surface area is 193 Å². The number of aryl methyl sites for hydroxylation is 1. The van der Waals surface area contributed by atoms with Crippen LogP contribution in [0, 0.1) is 0 Å². The topological polar surface area (TPSA) is 15.6 Å². The van der Waals surface area contributed by atoms with Crippen LogP contribution in [0.25, 0.3) is 0 Å². The fourth-order valence-corrected chi connectivity index (χ4v) is 4.48. The maximum absolute atomic E-state index is 4.76. The van der Waals surface area contributed by atoms with E-state index in [1.54, 1.807) is 11.8 Å². The van der Waals surface area contributed by atoms with Crippen molar-refractivity contribution < 1.29 is 0 Å². The molecule has 31 heavy (non-hydrogen) atoms. The zero-order valence-corrected chi connectivity index (χ0v) is 20.6. The Kier molecular flexibility index (Phi) is 9.87. The van der Waals surface area contributed by atoms with Crippen LogP contribution in [-0.2, 0) is 11.8 Å². The van der Waals surface area contributed by atoms with Crippen LogP contribution in [0.1, 0.15) is 52.2 Å². The van der Waals surface area contributed by atoms with Crippen LogP contribution < -0.4 is 5.01 Å². The van der Waals surface area contributed by atoms with Gasteiger partial charge in [0.25, 0.3) is 0 Å². The molecule has 0 amide bonds. The van der Waals surface area contributed by atoms with E-state index in [0.29, 0.717) is 0 Å². The van der Waals surface area contributed by atoms with Gasteiger partial charge >= 0.3 is 0 Å². The highest BCUT2D eigenvalue weighted by Gasteiger charge is 2.21. The third-order valence-electron chi connectivity index (χ3n) is 5.17. The summed E-state index contributed by atoms with van der Waals surface area (Å²) >= 11 is 1.77. The first-order chi connectivity index (χ1) is 15.0. The van der Waals surface area contributed by atoms with E-state index >= 15 is 0 Å². The van der Waals surface area contributed by atoms with Crippen LogP contribution in [0.15, 0.2) is 93.8 Å². The van der Waals surface area contributed by atoms with E-state index in [9.17, 15) is 0 Å². The molecule has 0 saturated heterocycles. The molecule has 0 fully saturated rings. The number of benzene rings is 3. The number of rotatable bonds is 8. The molecular weight excluding hydrogens is 396 g/mol. The lowest BCUT2D eigenvalue weighted by molar-refractivity contribution is 0.547. The zero-order valence-electron chi connectivity index (χ0n) is 19.8. The van der Waals surface area contributed by atoms with Crippen LogP contribution in [-0.4, -0.2) is 13.3 Å². The molecule has 3 heteroatoms. The lowest BCUT2D eigenvalue weighted by atomic mass is 9.79. The minimum atomic E-state index is 0.0508. The molecule has 164 valence electrons. The summed E-state index contributed by atoms with van der Waals surface area (Å²) in [5.41, 5.74) is 4.00. The minimum absolute atomic E-state index is 0.0508. The monoisotopic (exact) mass is 432 g/mol. The van der Waals surface area contributed by atoms with E-state index in [-0.39, 0.29) is 5.41 Å². The molecule has 0 aromatic heterocycles. The first-order valence-corrected chi connectivity index (χ1v) is 12.0. The second-order valence-electron chi connectivity index (χ2n) is 7.80. The molecule has 0 unspecified atom stereocenters. The van der Waals surface area contributed by atoms with E-state index in [4.69, 9.17) is 5.10 Å². The Morgan fingerprint density at radius 3 is 2.19 bits per heavy atom. The van der Waals surface area contributed by atoms with Gasteiger partial charge in [0, 0.05) is 23.1 Å². The molecule has 0 heterocycles. The lowest BCUT2D eigenvalue weighted by Crippen LogP contribution is -2.20. The van der Waals surface area contributed by atoms with Crippen LogP contribution in [0.2, 0.25) is 0 Å². The highest BCUT2D eigenvalue weighted by molar-refractivity contribution is 7.99. The quantitative estimate of drug-likeness (QED) is 0.263. The van der Waals surface area contributed by atoms with Crippen LogP contribution in [0.4, 0.5) is 5.69 Å². The molecule has 3 rings (SSSR count). The molecule has 0 atom stereocenters. The van der Waals surface area contributed by atoms with Gasteiger partial charge in [-0.2, -0.15) is 5.10 Å². The van der Waals surface area contributed by atoms with Crippen LogP contribution in [0.5, 0.6) is 0 Å². The average molecular weight is 433 g/mol. The summed E-state index contributed by atoms with van der Waals surface area (Å²) in [5.74, 6) is 0. The van der Waals surface area contributed by atoms with Crippen molar-refractivity contribution in [1.29, 1.82) is 0 Å². The minimum Gasteiger partial charge on any atom is -0.268 e. The van der Waals surface area contributed by atoms with Gasteiger partial charge in [-0.25, -0.2) is 0 Å². The van der Waals surface area contributed by atoms with Crippen LogP contribution >= 0.6 is 11.8 Å². The second kappa shape index (κ2) is 12.4. The number of hydrogen-bond donors (Lipinski definition) is 0. The first-order valence-electron chi connectivity index (χ1n) is 11.2. The Morgan fingerprint density at radius 1 is 0.871 bits per heavy atom. The number of anilines is 1. The zero-order chi connectivity index (χ0) is 22.7. The Hall–Kier alpha value is -2.52. The van der Waals surface area contributed by atoms with E-state index in [2.05, 4.69) is 99.8 Å². The summed E-state index contributed by atoms with van der Waals surface area (Å²) in [6.45, 7) is 10.8. The van der Waals surface area contributed by atoms with Crippen molar-refractivity contribution in [3.63, 3.8) is 0 Å². The van der Waals surface area contributed by atoms with Crippen molar-refractivity contribution in [3.8, 4) is 0 Å². The molecule has 0 radical (unpaired) electrons. The number of nitrogens with zero attached hydrogens (tertiary/aromatic N) is 2. The normalized spacial score (nSPS) is 11.2. The molecule has 0 N–H and O–H groups in total. The summed E-state index contributed by atoms with van der Waals surface area (Å²) in [6, 6.07) is 27.6. The Bertz CT molecular complexity index is 948. The third-order valence-corrected chi connectivity index (χ3v) is 6.24. The van der Waals surface area contributed by atoms with E-state index in [1.807, 2.05) is 32.0 Å². The van der Waals surface area contributed by atoms with Gasteiger partial charge in [0.15, 0.2) is 0 Å². The highest BCUT2D eigenvalue weighted by Crippen LogP contribution is 2.35. The number of hydrogen-bond acceptors (Lipinski definition) is 3. The predicted octanol–water partition coefficient (Wildman–Crippen LogP) is 8.22. The number of para-hydroxylation sites is 1. The SMILES string of the molecule is CC.CCc1ccccc1C(C)(C)C/C=N/N(C)c1ccccc1Sc1ccccc1. The summed E-state index contributed by atoms with van der Waals surface area (Å²) in [5, 5.41) is 6.74. The van der Waals surface area contributed by atoms with Gasteiger partial charge in [0.2, 0.25) is 0 Å². The molecule has 0 aliphatic rings. The van der Waals surface area contributed by atoms with Crippen molar-refractivity contribution in [2.24, 2.45) is 5.10 Å². The lowest BCUT2D eigenvalue weighted by Gasteiger charge is -2.26. The van der Waals surface area contributed by atoms with E-state index in [1.165, 1.54) is 20.9 Å². The van der Waals surface area contributed by atoms with E-state index < -0.39 is 0 Å². The Morgan fingerprint density at radius 2 is 1.48 bits per heavy atom. The van der Waals surface area contributed by atoms with Gasteiger partial charge in [-0.15, -0.1) is 0 Å². The van der Waals surface area contributed by atoms with Gasteiger partial charge in [-0.05, 0) is 53.6 Å². The maximum Gasteiger partial charge on any atom is 0.0729 e. The highest BCUT2D eigenvalue weighted by atomic mass is 32.2. The van der Waals surface area contributed by atoms with Crippen molar-refractivity contribution in [3.05, 3.63) is 90.0 Å². The van der Waals surface area contributed by atoms with Crippen molar-refractivity contribution in [1.82, 2.24) is 0 Å². The smallest absolute Gasteiger partial charge is 0.0729 e. The third kappa shape index (κ3) is 7.00. The molecule has 3 aromatic carbocycles. The van der Waals surface area contributed by atoms with Crippen LogP contribution in [0.3, 0.4) is 0 Å². The van der Waals surface area contributed by atoms with Gasteiger partial charge in [-0.1, -0.05) is 101 Å². The van der Waals surface area contributed by atoms with E-state index in [0.717, 1.165) is 18.5 Å². The Balaban J connectivity index is 0.00000166. The predicted molar refractivity (Wildman–Crippen MR) is 139 cm³/mol. The second-order valence-corrected chi connectivity index (χ2v) is 8.92. The van der Waals surface area contributed by atoms with Gasteiger partial charge in [-0.3, -0.25) is 5.01 Å². The molecule has 0 aliphatic carbocycles.